The third kappa shape index (κ3) is 10.4. The van der Waals surface area contributed by atoms with Crippen molar-refractivity contribution in [2.75, 3.05) is 39.8 Å². The summed E-state index contributed by atoms with van der Waals surface area (Å²) >= 11 is 0. The van der Waals surface area contributed by atoms with E-state index in [1.54, 1.807) is 12.1 Å². The maximum Gasteiger partial charge on any atom is 0.410 e. The Bertz CT molecular complexity index is 1390. The molecular formula is C32H46N4O8S. The first kappa shape index (κ1) is 35.8. The zero-order valence-electron chi connectivity index (χ0n) is 26.9. The number of carbonyl (C=O) groups excluding carboxylic acids is 3. The molecular weight excluding hydrogens is 600 g/mol. The molecule has 0 unspecified atom stereocenters. The third-order valence-corrected chi connectivity index (χ3v) is 8.90. The molecule has 0 aliphatic carbocycles. The molecule has 1 aliphatic heterocycles. The van der Waals surface area contributed by atoms with Crippen molar-refractivity contribution in [2.45, 2.75) is 70.2 Å². The number of hydrogen-bond acceptors (Lipinski definition) is 8. The van der Waals surface area contributed by atoms with Crippen LogP contribution in [0.2, 0.25) is 0 Å². The average molecular weight is 647 g/mol. The molecule has 0 saturated carbocycles. The number of amides is 3. The molecule has 0 spiro atoms. The lowest BCUT2D eigenvalue weighted by molar-refractivity contribution is -0.145. The Hall–Kier alpha value is -3.68. The summed E-state index contributed by atoms with van der Waals surface area (Å²) in [6, 6.07) is 14.1. The van der Waals surface area contributed by atoms with Crippen molar-refractivity contribution in [2.24, 2.45) is 5.92 Å². The minimum Gasteiger partial charge on any atom is -0.497 e. The van der Waals surface area contributed by atoms with Crippen LogP contribution in [0.15, 0.2) is 59.5 Å². The van der Waals surface area contributed by atoms with Crippen molar-refractivity contribution in [3.63, 3.8) is 0 Å². The minimum atomic E-state index is -3.99. The van der Waals surface area contributed by atoms with E-state index < -0.39 is 52.0 Å². The topological polar surface area (TPSA) is 146 Å². The molecule has 0 bridgehead atoms. The van der Waals surface area contributed by atoms with Crippen LogP contribution in [-0.2, 0) is 31.0 Å². The Morgan fingerprint density at radius 3 is 2.24 bits per heavy atom. The molecule has 2 aromatic rings. The van der Waals surface area contributed by atoms with Gasteiger partial charge in [0, 0.05) is 31.7 Å². The van der Waals surface area contributed by atoms with Gasteiger partial charge in [0.05, 0.1) is 31.1 Å². The van der Waals surface area contributed by atoms with Crippen LogP contribution in [0.4, 0.5) is 4.79 Å². The molecule has 2 N–H and O–H groups in total. The lowest BCUT2D eigenvalue weighted by Crippen LogP contribution is -2.63. The molecule has 1 fully saturated rings. The van der Waals surface area contributed by atoms with Crippen LogP contribution in [0.5, 0.6) is 5.75 Å². The molecule has 13 heteroatoms. The van der Waals surface area contributed by atoms with Gasteiger partial charge in [-0.1, -0.05) is 44.2 Å². The monoisotopic (exact) mass is 646 g/mol. The molecule has 0 radical (unpaired) electrons. The molecule has 2 aromatic carbocycles. The van der Waals surface area contributed by atoms with E-state index in [4.69, 9.17) is 9.47 Å². The number of piperazine rings is 1. The number of carbonyl (C=O) groups is 3. The Morgan fingerprint density at radius 2 is 1.67 bits per heavy atom. The summed E-state index contributed by atoms with van der Waals surface area (Å²) in [5.74, 6) is -0.527. The summed E-state index contributed by atoms with van der Waals surface area (Å²) in [6.07, 6.45) is -2.36. The predicted molar refractivity (Wildman–Crippen MR) is 169 cm³/mol. The van der Waals surface area contributed by atoms with Crippen LogP contribution in [0.1, 0.15) is 46.6 Å². The first-order chi connectivity index (χ1) is 21.1. The van der Waals surface area contributed by atoms with E-state index in [1.165, 1.54) is 33.3 Å². The standard InChI is InChI=1S/C32H46N4O8S/c1-23(2)19-35(45(41,42)27-14-12-26(43-6)13-15-27)20-25(37)18-29(38)36-17-16-34(21-28(36)30(39)33-32(3,4)5)31(40)44-22-24-10-8-7-9-11-24/h7-15,23,25,28,37H,16-22H2,1-6H3,(H,33,39)/t25-,28-/m0/s1. The molecule has 45 heavy (non-hydrogen) atoms. The quantitative estimate of drug-likeness (QED) is 0.358. The van der Waals surface area contributed by atoms with E-state index in [0.717, 1.165) is 5.56 Å². The van der Waals surface area contributed by atoms with Crippen molar-refractivity contribution in [1.29, 1.82) is 0 Å². The summed E-state index contributed by atoms with van der Waals surface area (Å²) in [5, 5.41) is 13.9. The van der Waals surface area contributed by atoms with Crippen LogP contribution < -0.4 is 10.1 Å². The number of nitrogens with zero attached hydrogens (tertiary/aromatic N) is 3. The number of nitrogens with one attached hydrogen (secondary N) is 1. The van der Waals surface area contributed by atoms with Crippen LogP contribution in [0.25, 0.3) is 0 Å². The lowest BCUT2D eigenvalue weighted by atomic mass is 10.1. The van der Waals surface area contributed by atoms with Crippen LogP contribution in [0, 0.1) is 5.92 Å². The summed E-state index contributed by atoms with van der Waals surface area (Å²) in [4.78, 5) is 42.6. The zero-order chi connectivity index (χ0) is 33.4. The van der Waals surface area contributed by atoms with Gasteiger partial charge in [-0.25, -0.2) is 13.2 Å². The number of ether oxygens (including phenoxy) is 2. The number of aliphatic hydroxyl groups excluding tert-OH is 1. The van der Waals surface area contributed by atoms with Crippen molar-refractivity contribution in [3.8, 4) is 5.75 Å². The Morgan fingerprint density at radius 1 is 1.02 bits per heavy atom. The van der Waals surface area contributed by atoms with Gasteiger partial charge in [0.2, 0.25) is 21.8 Å². The van der Waals surface area contributed by atoms with E-state index in [2.05, 4.69) is 5.32 Å². The van der Waals surface area contributed by atoms with E-state index in [-0.39, 0.29) is 50.1 Å². The van der Waals surface area contributed by atoms with Crippen LogP contribution in [-0.4, -0.2) is 103 Å². The Balaban J connectivity index is 1.73. The summed E-state index contributed by atoms with van der Waals surface area (Å²) in [6.45, 7) is 9.08. The SMILES string of the molecule is COc1ccc(S(=O)(=O)N(CC(C)C)C[C@@H](O)CC(=O)N2CCN(C(=O)OCc3ccccc3)C[C@H]2C(=O)NC(C)(C)C)cc1. The first-order valence-corrected chi connectivity index (χ1v) is 16.4. The fourth-order valence-electron chi connectivity index (χ4n) is 4.93. The van der Waals surface area contributed by atoms with Gasteiger partial charge in [-0.05, 0) is 56.5 Å². The van der Waals surface area contributed by atoms with E-state index >= 15 is 0 Å². The highest BCUT2D eigenvalue weighted by Gasteiger charge is 2.39. The summed E-state index contributed by atoms with van der Waals surface area (Å²) < 4.78 is 38.7. The van der Waals surface area contributed by atoms with E-state index in [0.29, 0.717) is 5.75 Å². The molecule has 1 saturated heterocycles. The van der Waals surface area contributed by atoms with Crippen molar-refractivity contribution in [1.82, 2.24) is 19.4 Å². The molecule has 12 nitrogen and oxygen atoms in total. The molecule has 0 aromatic heterocycles. The Kier molecular flexibility index (Phi) is 12.4. The van der Waals surface area contributed by atoms with Crippen molar-refractivity contribution in [3.05, 3.63) is 60.2 Å². The molecule has 3 rings (SSSR count). The highest BCUT2D eigenvalue weighted by Crippen LogP contribution is 2.22. The van der Waals surface area contributed by atoms with Gasteiger partial charge < -0.3 is 29.7 Å². The third-order valence-electron chi connectivity index (χ3n) is 7.06. The normalized spacial score (nSPS) is 16.4. The number of aliphatic hydroxyl groups is 1. The van der Waals surface area contributed by atoms with Gasteiger partial charge in [-0.2, -0.15) is 4.31 Å². The number of sulfonamides is 1. The van der Waals surface area contributed by atoms with Gasteiger partial charge in [-0.15, -0.1) is 0 Å². The maximum absolute atomic E-state index is 13.5. The highest BCUT2D eigenvalue weighted by atomic mass is 32.2. The maximum atomic E-state index is 13.5. The molecule has 1 aliphatic rings. The molecule has 3 amide bonds. The second-order valence-corrected chi connectivity index (χ2v) is 14.5. The Labute approximate surface area is 266 Å². The second-order valence-electron chi connectivity index (χ2n) is 12.6. The average Bonchev–Trinajstić information content (AvgIpc) is 2.98. The van der Waals surface area contributed by atoms with E-state index in [9.17, 15) is 27.9 Å². The predicted octanol–water partition coefficient (Wildman–Crippen LogP) is 2.86. The fourth-order valence-corrected chi connectivity index (χ4v) is 6.57. The van der Waals surface area contributed by atoms with Gasteiger partial charge in [-0.3, -0.25) is 9.59 Å². The van der Waals surface area contributed by atoms with Crippen molar-refractivity contribution >= 4 is 27.9 Å². The number of rotatable bonds is 12. The van der Waals surface area contributed by atoms with Gasteiger partial charge in [0.25, 0.3) is 0 Å². The van der Waals surface area contributed by atoms with Gasteiger partial charge in [0.1, 0.15) is 18.4 Å². The first-order valence-electron chi connectivity index (χ1n) is 15.0. The lowest BCUT2D eigenvalue weighted by Gasteiger charge is -2.41. The number of benzene rings is 2. The molecule has 248 valence electrons. The highest BCUT2D eigenvalue weighted by molar-refractivity contribution is 7.89. The molecule has 2 atom stereocenters. The smallest absolute Gasteiger partial charge is 0.410 e. The number of hydrogen-bond donors (Lipinski definition) is 2. The fraction of sp³-hybridized carbons (Fsp3) is 0.531. The number of methoxy groups -OCH3 is 1. The summed E-state index contributed by atoms with van der Waals surface area (Å²) in [5.41, 5.74) is 0.213. The zero-order valence-corrected chi connectivity index (χ0v) is 27.7. The molecule has 1 heterocycles. The minimum absolute atomic E-state index is 0.0358. The van der Waals surface area contributed by atoms with Crippen LogP contribution in [0.3, 0.4) is 0 Å². The van der Waals surface area contributed by atoms with Crippen molar-refractivity contribution < 1.29 is 37.4 Å². The van der Waals surface area contributed by atoms with E-state index in [1.807, 2.05) is 65.0 Å². The van der Waals surface area contributed by atoms with Crippen LogP contribution >= 0.6 is 0 Å². The summed E-state index contributed by atoms with van der Waals surface area (Å²) in [7, 11) is -2.51. The van der Waals surface area contributed by atoms with Gasteiger partial charge in [0.15, 0.2) is 0 Å². The van der Waals surface area contributed by atoms with Gasteiger partial charge >= 0.3 is 6.09 Å². The largest absolute Gasteiger partial charge is 0.497 e. The second kappa shape index (κ2) is 15.5.